The molecule has 3 rings (SSSR count). The van der Waals surface area contributed by atoms with Crippen molar-refractivity contribution in [3.8, 4) is 17.0 Å². The van der Waals surface area contributed by atoms with Crippen LogP contribution in [0.3, 0.4) is 0 Å². The summed E-state index contributed by atoms with van der Waals surface area (Å²) >= 11 is 3.40. The Balaban J connectivity index is 2.35. The fourth-order valence-electron chi connectivity index (χ4n) is 2.35. The fraction of sp³-hybridized carbons (Fsp3) is 0.0588. The van der Waals surface area contributed by atoms with Gasteiger partial charge in [0.15, 0.2) is 0 Å². The zero-order valence-electron chi connectivity index (χ0n) is 11.7. The van der Waals surface area contributed by atoms with Crippen LogP contribution in [0.5, 0.6) is 5.75 Å². The van der Waals surface area contributed by atoms with Crippen molar-refractivity contribution < 1.29 is 14.6 Å². The molecular formula is C17H11BrNO3-. The third kappa shape index (κ3) is 2.55. The molecule has 0 aliphatic carbocycles. The molecule has 0 unspecified atom stereocenters. The Morgan fingerprint density at radius 2 is 1.95 bits per heavy atom. The Labute approximate surface area is 135 Å². The summed E-state index contributed by atoms with van der Waals surface area (Å²) < 4.78 is 6.18. The molecule has 110 valence electrons. The topological polar surface area (TPSA) is 62.2 Å². The van der Waals surface area contributed by atoms with Crippen molar-refractivity contribution in [3.63, 3.8) is 0 Å². The summed E-state index contributed by atoms with van der Waals surface area (Å²) in [6.07, 6.45) is 0. The van der Waals surface area contributed by atoms with Gasteiger partial charge >= 0.3 is 0 Å². The third-order valence-corrected chi connectivity index (χ3v) is 3.86. The van der Waals surface area contributed by atoms with Gasteiger partial charge in [-0.1, -0.05) is 40.2 Å². The fourth-order valence-corrected chi connectivity index (χ4v) is 2.75. The molecule has 0 bridgehead atoms. The highest BCUT2D eigenvalue weighted by molar-refractivity contribution is 9.10. The summed E-state index contributed by atoms with van der Waals surface area (Å²) in [7, 11) is 1.53. The molecule has 4 nitrogen and oxygen atoms in total. The van der Waals surface area contributed by atoms with Crippen molar-refractivity contribution >= 4 is 32.8 Å². The quantitative estimate of drug-likeness (QED) is 0.723. The minimum absolute atomic E-state index is 0.0962. The van der Waals surface area contributed by atoms with Crippen molar-refractivity contribution in [1.82, 2.24) is 4.98 Å². The number of hydrogen-bond donors (Lipinski definition) is 0. The van der Waals surface area contributed by atoms with Crippen molar-refractivity contribution in [2.75, 3.05) is 7.11 Å². The van der Waals surface area contributed by atoms with E-state index in [-0.39, 0.29) is 5.56 Å². The molecule has 22 heavy (non-hydrogen) atoms. The highest BCUT2D eigenvalue weighted by Crippen LogP contribution is 2.30. The molecule has 1 aromatic heterocycles. The average molecular weight is 357 g/mol. The molecule has 5 heteroatoms. The van der Waals surface area contributed by atoms with Crippen LogP contribution >= 0.6 is 15.9 Å². The van der Waals surface area contributed by atoms with E-state index in [1.807, 2.05) is 24.3 Å². The second-order valence-electron chi connectivity index (χ2n) is 4.71. The number of carboxylic acid groups (broad SMARTS) is 1. The van der Waals surface area contributed by atoms with Gasteiger partial charge in [0.25, 0.3) is 0 Å². The lowest BCUT2D eigenvalue weighted by Crippen LogP contribution is -2.22. The Bertz CT molecular complexity index is 877. The van der Waals surface area contributed by atoms with E-state index in [9.17, 15) is 9.90 Å². The first-order valence-corrected chi connectivity index (χ1v) is 7.34. The maximum atomic E-state index is 11.5. The van der Waals surface area contributed by atoms with Gasteiger partial charge in [-0.15, -0.1) is 0 Å². The van der Waals surface area contributed by atoms with E-state index in [1.54, 1.807) is 18.2 Å². The Morgan fingerprint density at radius 3 is 2.64 bits per heavy atom. The molecule has 0 saturated carbocycles. The first-order valence-electron chi connectivity index (χ1n) is 6.55. The van der Waals surface area contributed by atoms with Crippen molar-refractivity contribution in [1.29, 1.82) is 0 Å². The molecule has 0 fully saturated rings. The summed E-state index contributed by atoms with van der Waals surface area (Å²) in [4.78, 5) is 16.0. The first kappa shape index (κ1) is 14.5. The van der Waals surface area contributed by atoms with Crippen LogP contribution in [-0.4, -0.2) is 18.1 Å². The number of aromatic carboxylic acids is 1. The van der Waals surface area contributed by atoms with E-state index in [2.05, 4.69) is 20.9 Å². The number of carboxylic acids is 1. The normalized spacial score (nSPS) is 10.6. The number of hydrogen-bond acceptors (Lipinski definition) is 4. The number of benzene rings is 2. The first-order chi connectivity index (χ1) is 10.6. The number of pyridine rings is 1. The molecule has 0 saturated heterocycles. The average Bonchev–Trinajstić information content (AvgIpc) is 2.53. The van der Waals surface area contributed by atoms with Crippen LogP contribution in [0, 0.1) is 0 Å². The number of nitrogens with zero attached hydrogens (tertiary/aromatic N) is 1. The van der Waals surface area contributed by atoms with Crippen molar-refractivity contribution in [2.24, 2.45) is 0 Å². The molecule has 0 N–H and O–H groups in total. The number of rotatable bonds is 3. The molecule has 0 aliphatic heterocycles. The lowest BCUT2D eigenvalue weighted by molar-refractivity contribution is -0.254. The van der Waals surface area contributed by atoms with Gasteiger partial charge in [0, 0.05) is 21.0 Å². The summed E-state index contributed by atoms with van der Waals surface area (Å²) in [6.45, 7) is 0. The number of ether oxygens (including phenoxy) is 1. The molecule has 0 atom stereocenters. The van der Waals surface area contributed by atoms with Crippen molar-refractivity contribution in [3.05, 3.63) is 58.6 Å². The molecule has 0 spiro atoms. The number of carbonyl (C=O) groups is 1. The number of methoxy groups -OCH3 is 1. The Kier molecular flexibility index (Phi) is 3.81. The minimum atomic E-state index is -1.24. The van der Waals surface area contributed by atoms with Gasteiger partial charge < -0.3 is 14.6 Å². The SMILES string of the molecule is COc1cccc2c(C(=O)[O-])cc(-c3cccc(Br)c3)nc12. The van der Waals surface area contributed by atoms with Crippen LogP contribution in [0.4, 0.5) is 0 Å². The summed E-state index contributed by atoms with van der Waals surface area (Å²) in [5.74, 6) is -0.714. The maximum Gasteiger partial charge on any atom is 0.145 e. The Hall–Kier alpha value is -2.40. The second-order valence-corrected chi connectivity index (χ2v) is 5.62. The van der Waals surface area contributed by atoms with Crippen LogP contribution in [0.25, 0.3) is 22.2 Å². The molecule has 0 radical (unpaired) electrons. The summed E-state index contributed by atoms with van der Waals surface area (Å²) in [6, 6.07) is 14.2. The van der Waals surface area contributed by atoms with Gasteiger partial charge in [0.1, 0.15) is 11.3 Å². The number of carbonyl (C=O) groups excluding carboxylic acids is 1. The number of fused-ring (bicyclic) bond motifs is 1. The van der Waals surface area contributed by atoms with Gasteiger partial charge in [-0.2, -0.15) is 0 Å². The molecule has 3 aromatic rings. The predicted octanol–water partition coefficient (Wildman–Crippen LogP) is 3.04. The largest absolute Gasteiger partial charge is 0.545 e. The van der Waals surface area contributed by atoms with Gasteiger partial charge in [-0.3, -0.25) is 0 Å². The lowest BCUT2D eigenvalue weighted by atomic mass is 10.0. The minimum Gasteiger partial charge on any atom is -0.545 e. The van der Waals surface area contributed by atoms with Crippen LogP contribution in [0.2, 0.25) is 0 Å². The maximum absolute atomic E-state index is 11.5. The van der Waals surface area contributed by atoms with Crippen LogP contribution in [0.15, 0.2) is 53.0 Å². The summed E-state index contributed by atoms with van der Waals surface area (Å²) in [5.41, 5.74) is 1.96. The standard InChI is InChI=1S/C17H12BrNO3/c1-22-15-7-3-6-12-13(17(20)21)9-14(19-16(12)15)10-4-2-5-11(18)8-10/h2-9H,1H3,(H,20,21)/p-1. The monoisotopic (exact) mass is 356 g/mol. The van der Waals surface area contributed by atoms with E-state index >= 15 is 0 Å². The van der Waals surface area contributed by atoms with Gasteiger partial charge in [0.2, 0.25) is 0 Å². The molecule has 1 heterocycles. The molecule has 0 aliphatic rings. The van der Waals surface area contributed by atoms with Crippen LogP contribution in [0.1, 0.15) is 10.4 Å². The van der Waals surface area contributed by atoms with Crippen LogP contribution < -0.4 is 9.84 Å². The molecular weight excluding hydrogens is 346 g/mol. The van der Waals surface area contributed by atoms with Gasteiger partial charge in [-0.05, 0) is 24.3 Å². The van der Waals surface area contributed by atoms with Gasteiger partial charge in [0.05, 0.1) is 18.8 Å². The lowest BCUT2D eigenvalue weighted by Gasteiger charge is -2.13. The zero-order chi connectivity index (χ0) is 15.7. The van der Waals surface area contributed by atoms with E-state index in [1.165, 1.54) is 13.2 Å². The predicted molar refractivity (Wildman–Crippen MR) is 85.8 cm³/mol. The van der Waals surface area contributed by atoms with Crippen molar-refractivity contribution in [2.45, 2.75) is 0 Å². The highest BCUT2D eigenvalue weighted by atomic mass is 79.9. The Morgan fingerprint density at radius 1 is 1.18 bits per heavy atom. The highest BCUT2D eigenvalue weighted by Gasteiger charge is 2.12. The van der Waals surface area contributed by atoms with E-state index < -0.39 is 5.97 Å². The number of halogens is 1. The summed E-state index contributed by atoms with van der Waals surface area (Å²) in [5, 5.41) is 12.0. The number of aromatic nitrogens is 1. The van der Waals surface area contributed by atoms with E-state index in [4.69, 9.17) is 4.74 Å². The van der Waals surface area contributed by atoms with Gasteiger partial charge in [-0.25, -0.2) is 4.98 Å². The molecule has 0 amide bonds. The number of para-hydroxylation sites is 1. The molecule has 2 aromatic carbocycles. The van der Waals surface area contributed by atoms with E-state index in [0.717, 1.165) is 10.0 Å². The van der Waals surface area contributed by atoms with E-state index in [0.29, 0.717) is 22.3 Å². The van der Waals surface area contributed by atoms with Crippen LogP contribution in [-0.2, 0) is 0 Å². The smallest absolute Gasteiger partial charge is 0.145 e. The zero-order valence-corrected chi connectivity index (χ0v) is 13.3. The second kappa shape index (κ2) is 5.77. The third-order valence-electron chi connectivity index (χ3n) is 3.36.